The molecule has 1 aliphatic heterocycles. The van der Waals surface area contributed by atoms with Gasteiger partial charge < -0.3 is 9.42 Å². The third-order valence-electron chi connectivity index (χ3n) is 4.90. The molecule has 0 saturated carbocycles. The minimum atomic E-state index is -0.190. The molecule has 0 aliphatic carbocycles. The molecule has 1 saturated heterocycles. The van der Waals surface area contributed by atoms with Crippen molar-refractivity contribution in [1.82, 2.24) is 15.0 Å². The third-order valence-corrected chi connectivity index (χ3v) is 5.60. The Kier molecular flexibility index (Phi) is 5.07. The van der Waals surface area contributed by atoms with Crippen molar-refractivity contribution in [3.8, 4) is 11.4 Å². The highest BCUT2D eigenvalue weighted by Gasteiger charge is 2.33. The van der Waals surface area contributed by atoms with Gasteiger partial charge in [0, 0.05) is 16.6 Å². The van der Waals surface area contributed by atoms with E-state index in [1.165, 1.54) is 5.56 Å². The Hall–Kier alpha value is -2.47. The number of hydrogen-bond acceptors (Lipinski definition) is 4. The van der Waals surface area contributed by atoms with E-state index in [4.69, 9.17) is 4.52 Å². The van der Waals surface area contributed by atoms with Gasteiger partial charge in [0.15, 0.2) is 0 Å². The Morgan fingerprint density at radius 3 is 2.70 bits per heavy atom. The maximum Gasteiger partial charge on any atom is 0.255 e. The summed E-state index contributed by atoms with van der Waals surface area (Å²) in [4.78, 5) is 19.6. The fraction of sp³-hybridized carbons (Fsp3) is 0.286. The van der Waals surface area contributed by atoms with Gasteiger partial charge in [-0.2, -0.15) is 4.98 Å². The fourth-order valence-electron chi connectivity index (χ4n) is 3.41. The largest absolute Gasteiger partial charge is 0.337 e. The molecule has 1 aromatic heterocycles. The average molecular weight is 426 g/mol. The second kappa shape index (κ2) is 7.64. The fourth-order valence-corrected chi connectivity index (χ4v) is 3.87. The minimum Gasteiger partial charge on any atom is -0.337 e. The van der Waals surface area contributed by atoms with Crippen molar-refractivity contribution in [1.29, 1.82) is 0 Å². The lowest BCUT2D eigenvalue weighted by molar-refractivity contribution is 0.0560. The molecule has 2 heterocycles. The molecule has 6 heteroatoms. The van der Waals surface area contributed by atoms with Gasteiger partial charge in [-0.25, -0.2) is 0 Å². The van der Waals surface area contributed by atoms with Crippen molar-refractivity contribution in [2.75, 3.05) is 6.54 Å². The van der Waals surface area contributed by atoms with Crippen LogP contribution in [0.2, 0.25) is 0 Å². The smallest absolute Gasteiger partial charge is 0.255 e. The quantitative estimate of drug-likeness (QED) is 0.580. The Bertz CT molecular complexity index is 952. The predicted octanol–water partition coefficient (Wildman–Crippen LogP) is 5.17. The van der Waals surface area contributed by atoms with Crippen LogP contribution in [0.1, 0.15) is 47.1 Å². The van der Waals surface area contributed by atoms with Crippen LogP contribution < -0.4 is 0 Å². The Balaban J connectivity index is 1.62. The van der Waals surface area contributed by atoms with E-state index in [-0.39, 0.29) is 11.9 Å². The van der Waals surface area contributed by atoms with Crippen LogP contribution in [0.3, 0.4) is 0 Å². The van der Waals surface area contributed by atoms with E-state index in [1.807, 2.05) is 60.4 Å². The highest BCUT2D eigenvalue weighted by atomic mass is 79.9. The van der Waals surface area contributed by atoms with Crippen LogP contribution in [0.5, 0.6) is 0 Å². The maximum absolute atomic E-state index is 13.1. The van der Waals surface area contributed by atoms with E-state index in [9.17, 15) is 4.79 Å². The summed E-state index contributed by atoms with van der Waals surface area (Å²) in [6.45, 7) is 2.73. The predicted molar refractivity (Wildman–Crippen MR) is 106 cm³/mol. The van der Waals surface area contributed by atoms with Crippen LogP contribution in [0.25, 0.3) is 11.4 Å². The van der Waals surface area contributed by atoms with Gasteiger partial charge in [-0.3, -0.25) is 4.79 Å². The van der Waals surface area contributed by atoms with Gasteiger partial charge in [-0.05, 0) is 54.2 Å². The van der Waals surface area contributed by atoms with Crippen molar-refractivity contribution in [3.63, 3.8) is 0 Å². The SMILES string of the molecule is Cc1ccc(-c2noc(C3CCCCN3C(=O)c3ccccc3Br)n2)cc1. The van der Waals surface area contributed by atoms with Crippen LogP contribution in [-0.4, -0.2) is 27.5 Å². The number of nitrogens with zero attached hydrogens (tertiary/aromatic N) is 3. The second-order valence-electron chi connectivity index (χ2n) is 6.81. The number of benzene rings is 2. The van der Waals surface area contributed by atoms with Crippen molar-refractivity contribution < 1.29 is 9.32 Å². The molecule has 2 aromatic carbocycles. The summed E-state index contributed by atoms with van der Waals surface area (Å²) in [6.07, 6.45) is 2.84. The normalized spacial score (nSPS) is 17.1. The number of aromatic nitrogens is 2. The molecule has 5 nitrogen and oxygen atoms in total. The summed E-state index contributed by atoms with van der Waals surface area (Å²) in [5, 5.41) is 4.14. The Morgan fingerprint density at radius 1 is 1.15 bits per heavy atom. The van der Waals surface area contributed by atoms with Crippen LogP contribution in [0, 0.1) is 6.92 Å². The first-order valence-electron chi connectivity index (χ1n) is 9.09. The molecule has 1 amide bonds. The molecule has 27 heavy (non-hydrogen) atoms. The molecular formula is C21H20BrN3O2. The highest BCUT2D eigenvalue weighted by molar-refractivity contribution is 9.10. The maximum atomic E-state index is 13.1. The first-order valence-corrected chi connectivity index (χ1v) is 9.89. The topological polar surface area (TPSA) is 59.2 Å². The van der Waals surface area contributed by atoms with Crippen LogP contribution in [-0.2, 0) is 0 Å². The Labute approximate surface area is 166 Å². The molecule has 1 unspecified atom stereocenters. The van der Waals surface area contributed by atoms with Gasteiger partial charge in [0.25, 0.3) is 5.91 Å². The average Bonchev–Trinajstić information content (AvgIpc) is 3.18. The molecule has 1 atom stereocenters. The molecule has 0 radical (unpaired) electrons. The van der Waals surface area contributed by atoms with Crippen molar-refractivity contribution in [2.24, 2.45) is 0 Å². The first kappa shape index (κ1) is 17.9. The monoisotopic (exact) mass is 425 g/mol. The minimum absolute atomic E-state index is 0.0118. The lowest BCUT2D eigenvalue weighted by atomic mass is 10.0. The number of rotatable bonds is 3. The zero-order chi connectivity index (χ0) is 18.8. The van der Waals surface area contributed by atoms with Crippen LogP contribution in [0.15, 0.2) is 57.5 Å². The van der Waals surface area contributed by atoms with Gasteiger partial charge in [0.1, 0.15) is 6.04 Å². The van der Waals surface area contributed by atoms with E-state index in [1.54, 1.807) is 0 Å². The summed E-state index contributed by atoms with van der Waals surface area (Å²) in [7, 11) is 0. The number of aryl methyl sites for hydroxylation is 1. The second-order valence-corrected chi connectivity index (χ2v) is 7.67. The first-order chi connectivity index (χ1) is 13.1. The molecule has 0 bridgehead atoms. The van der Waals surface area contributed by atoms with E-state index in [2.05, 4.69) is 26.1 Å². The Morgan fingerprint density at radius 2 is 1.93 bits per heavy atom. The molecule has 138 valence electrons. The van der Waals surface area contributed by atoms with E-state index < -0.39 is 0 Å². The highest BCUT2D eigenvalue weighted by Crippen LogP contribution is 2.33. The lowest BCUT2D eigenvalue weighted by Gasteiger charge is -2.33. The van der Waals surface area contributed by atoms with Gasteiger partial charge in [-0.15, -0.1) is 0 Å². The number of halogens is 1. The number of hydrogen-bond donors (Lipinski definition) is 0. The molecule has 3 aromatic rings. The van der Waals surface area contributed by atoms with Crippen molar-refractivity contribution in [2.45, 2.75) is 32.2 Å². The lowest BCUT2D eigenvalue weighted by Crippen LogP contribution is -2.38. The van der Waals surface area contributed by atoms with E-state index >= 15 is 0 Å². The number of carbonyl (C=O) groups is 1. The molecule has 0 N–H and O–H groups in total. The summed E-state index contributed by atoms with van der Waals surface area (Å²) < 4.78 is 6.37. The van der Waals surface area contributed by atoms with Gasteiger partial charge in [0.05, 0.1) is 5.56 Å². The summed E-state index contributed by atoms with van der Waals surface area (Å²) in [5.74, 6) is 1.05. The summed E-state index contributed by atoms with van der Waals surface area (Å²) >= 11 is 3.48. The van der Waals surface area contributed by atoms with E-state index in [0.717, 1.165) is 29.3 Å². The molecule has 0 spiro atoms. The number of amides is 1. The standard InChI is InChI=1S/C21H20BrN3O2/c1-14-9-11-15(12-10-14)19-23-20(27-24-19)18-8-4-5-13-25(18)21(26)16-6-2-3-7-17(16)22/h2-3,6-7,9-12,18H,4-5,8,13H2,1H3. The zero-order valence-corrected chi connectivity index (χ0v) is 16.6. The van der Waals surface area contributed by atoms with Crippen molar-refractivity contribution in [3.05, 3.63) is 70.0 Å². The summed E-state index contributed by atoms with van der Waals surface area (Å²) in [5.41, 5.74) is 2.75. The summed E-state index contributed by atoms with van der Waals surface area (Å²) in [6, 6.07) is 15.3. The van der Waals surface area contributed by atoms with Crippen LogP contribution in [0.4, 0.5) is 0 Å². The van der Waals surface area contributed by atoms with Gasteiger partial charge in [-0.1, -0.05) is 47.1 Å². The van der Waals surface area contributed by atoms with Gasteiger partial charge in [0.2, 0.25) is 11.7 Å². The molecule has 4 rings (SSSR count). The van der Waals surface area contributed by atoms with Gasteiger partial charge >= 0.3 is 0 Å². The number of carbonyl (C=O) groups excluding carboxylic acids is 1. The number of likely N-dealkylation sites (tertiary alicyclic amines) is 1. The van der Waals surface area contributed by atoms with Crippen molar-refractivity contribution >= 4 is 21.8 Å². The zero-order valence-electron chi connectivity index (χ0n) is 15.1. The third kappa shape index (κ3) is 3.67. The molecular weight excluding hydrogens is 406 g/mol. The molecule has 1 fully saturated rings. The number of piperidine rings is 1. The van der Waals surface area contributed by atoms with E-state index in [0.29, 0.717) is 23.8 Å². The van der Waals surface area contributed by atoms with Crippen LogP contribution >= 0.6 is 15.9 Å². The molecule has 1 aliphatic rings.